The molecule has 1 fully saturated rings. The van der Waals surface area contributed by atoms with Crippen molar-refractivity contribution in [2.45, 2.75) is 73.1 Å². The van der Waals surface area contributed by atoms with E-state index in [1.807, 2.05) is 32.9 Å². The van der Waals surface area contributed by atoms with E-state index in [0.29, 0.717) is 27.2 Å². The number of aryl methyl sites for hydroxylation is 3. The number of carbonyl (C=O) groups is 2. The summed E-state index contributed by atoms with van der Waals surface area (Å²) in [5.74, 6) is -0.415. The lowest BCUT2D eigenvalue weighted by Gasteiger charge is -2.29. The number of ketones is 1. The molecule has 0 saturated heterocycles. The molecule has 0 radical (unpaired) electrons. The van der Waals surface area contributed by atoms with Crippen LogP contribution in [0.1, 0.15) is 79.4 Å². The topological polar surface area (TPSA) is 60.4 Å². The summed E-state index contributed by atoms with van der Waals surface area (Å²) in [6, 6.07) is 4.06. The zero-order chi connectivity index (χ0) is 21.3. The first-order valence-electron chi connectivity index (χ1n) is 10.4. The monoisotopic (exact) mass is 408 g/mol. The summed E-state index contributed by atoms with van der Waals surface area (Å²) >= 11 is 0. The van der Waals surface area contributed by atoms with Gasteiger partial charge < -0.3 is 9.30 Å². The van der Waals surface area contributed by atoms with Crippen LogP contribution in [0, 0.1) is 38.5 Å². The Morgan fingerprint density at radius 1 is 1.04 bits per heavy atom. The summed E-state index contributed by atoms with van der Waals surface area (Å²) in [5.41, 5.74) is 3.78. The van der Waals surface area contributed by atoms with Gasteiger partial charge in [0.2, 0.25) is 0 Å². The zero-order valence-electron chi connectivity index (χ0n) is 18.2. The third kappa shape index (κ3) is 6.88. The van der Waals surface area contributed by atoms with E-state index in [1.165, 1.54) is 6.42 Å². The minimum atomic E-state index is -0.650. The normalized spacial score (nSPS) is 15.6. The lowest BCUT2D eigenvalue weighted by molar-refractivity contribution is -0.149. The molecule has 2 rings (SSSR count). The van der Waals surface area contributed by atoms with Crippen molar-refractivity contribution in [1.82, 2.24) is 0 Å². The Morgan fingerprint density at radius 2 is 1.57 bits per heavy atom. The van der Waals surface area contributed by atoms with Crippen molar-refractivity contribution in [3.63, 3.8) is 0 Å². The van der Waals surface area contributed by atoms with Gasteiger partial charge in [0, 0.05) is 5.56 Å². The maximum absolute atomic E-state index is 13.4. The van der Waals surface area contributed by atoms with E-state index < -0.39 is 5.92 Å². The summed E-state index contributed by atoms with van der Waals surface area (Å²) in [7, 11) is 0.611. The molecule has 0 spiro atoms. The molecule has 1 aromatic rings. The number of rotatable bonds is 7. The van der Waals surface area contributed by atoms with E-state index in [-0.39, 0.29) is 17.7 Å². The van der Waals surface area contributed by atoms with E-state index in [9.17, 15) is 9.59 Å². The van der Waals surface area contributed by atoms with Crippen molar-refractivity contribution in [3.05, 3.63) is 34.4 Å². The van der Waals surface area contributed by atoms with E-state index in [0.717, 1.165) is 48.8 Å². The predicted octanol–water partition coefficient (Wildman–Crippen LogP) is 5.52. The molecule has 1 aromatic carbocycles. The minimum absolute atomic E-state index is 0.0403. The zero-order valence-corrected chi connectivity index (χ0v) is 19.6. The minimum Gasteiger partial charge on any atom is -0.465 e. The number of esters is 1. The highest BCUT2D eigenvalue weighted by Gasteiger charge is 2.38. The fraction of sp³-hybridized carbons (Fsp3) is 0.652. The Bertz CT molecular complexity index is 640. The molecule has 0 aliphatic heterocycles. The highest BCUT2D eigenvalue weighted by Crippen LogP contribution is 2.34. The van der Waals surface area contributed by atoms with Gasteiger partial charge in [0.05, 0.1) is 15.7 Å². The quantitative estimate of drug-likeness (QED) is 0.258. The summed E-state index contributed by atoms with van der Waals surface area (Å²) < 4.78 is 13.8. The van der Waals surface area contributed by atoms with E-state index in [2.05, 4.69) is 13.8 Å². The average molecular weight is 409 g/mol. The van der Waals surface area contributed by atoms with Gasteiger partial charge in [-0.15, -0.1) is 0 Å². The van der Waals surface area contributed by atoms with Crippen LogP contribution in [-0.4, -0.2) is 18.4 Å². The van der Waals surface area contributed by atoms with Crippen LogP contribution < -0.4 is 0 Å². The SMILES string of the molecule is Cc1cc(C)c(C(=O)C(C(=O)OCCC(C)C)C2CCCCC2)c(C)c1.O=[PH3]. The van der Waals surface area contributed by atoms with Crippen molar-refractivity contribution in [3.8, 4) is 0 Å². The largest absolute Gasteiger partial charge is 0.465 e. The number of hydrogen-bond donors (Lipinski definition) is 0. The second kappa shape index (κ2) is 12.2. The Kier molecular flexibility index (Phi) is 10.7. The van der Waals surface area contributed by atoms with Crippen LogP contribution in [0.2, 0.25) is 0 Å². The second-order valence-corrected chi connectivity index (χ2v) is 8.36. The highest BCUT2D eigenvalue weighted by atomic mass is 31.0. The second-order valence-electron chi connectivity index (χ2n) is 8.36. The fourth-order valence-corrected chi connectivity index (χ4v) is 4.19. The molecule has 0 heterocycles. The molecule has 28 heavy (non-hydrogen) atoms. The van der Waals surface area contributed by atoms with Crippen LogP contribution in [0.5, 0.6) is 0 Å². The molecule has 1 aliphatic carbocycles. The van der Waals surface area contributed by atoms with Gasteiger partial charge in [0.1, 0.15) is 5.92 Å². The standard InChI is InChI=1S/C23H34O3.H3OP/c1-15(2)11-12-26-23(25)21(19-9-7-6-8-10-19)22(24)20-17(4)13-16(3)14-18(20)5;1-2/h13-15,19,21H,6-12H2,1-5H3;2H3. The van der Waals surface area contributed by atoms with Gasteiger partial charge in [-0.2, -0.15) is 0 Å². The van der Waals surface area contributed by atoms with Crippen LogP contribution in [0.3, 0.4) is 0 Å². The van der Waals surface area contributed by atoms with Crippen LogP contribution in [0.4, 0.5) is 0 Å². The third-order valence-electron chi connectivity index (χ3n) is 5.52. The van der Waals surface area contributed by atoms with Crippen molar-refractivity contribution >= 4 is 20.9 Å². The molecule has 158 valence electrons. The molecule has 0 N–H and O–H groups in total. The molecule has 4 nitrogen and oxygen atoms in total. The average Bonchev–Trinajstić information content (AvgIpc) is 2.63. The molecule has 1 saturated carbocycles. The van der Waals surface area contributed by atoms with E-state index in [4.69, 9.17) is 9.30 Å². The maximum Gasteiger partial charge on any atom is 0.317 e. The van der Waals surface area contributed by atoms with Gasteiger partial charge in [0.15, 0.2) is 5.78 Å². The first kappa shape index (κ1) is 24.6. The molecule has 0 amide bonds. The first-order chi connectivity index (χ1) is 13.3. The predicted molar refractivity (Wildman–Crippen MR) is 117 cm³/mol. The smallest absolute Gasteiger partial charge is 0.317 e. The lowest BCUT2D eigenvalue weighted by atomic mass is 9.75. The molecule has 1 aliphatic rings. The Labute approximate surface area is 172 Å². The van der Waals surface area contributed by atoms with Gasteiger partial charge in [-0.1, -0.05) is 50.8 Å². The third-order valence-corrected chi connectivity index (χ3v) is 5.52. The number of ether oxygens (including phenoxy) is 1. The lowest BCUT2D eigenvalue weighted by Crippen LogP contribution is -2.35. The van der Waals surface area contributed by atoms with Crippen LogP contribution in [0.25, 0.3) is 0 Å². The number of Topliss-reactive ketones (excluding diaryl/α,β-unsaturated/α-hetero) is 1. The molecule has 0 aromatic heterocycles. The molecule has 2 atom stereocenters. The Morgan fingerprint density at radius 3 is 2.07 bits per heavy atom. The van der Waals surface area contributed by atoms with Crippen LogP contribution in [0.15, 0.2) is 12.1 Å². The summed E-state index contributed by atoms with van der Waals surface area (Å²) in [4.78, 5) is 26.3. The van der Waals surface area contributed by atoms with Crippen molar-refractivity contribution in [2.24, 2.45) is 17.8 Å². The molecular formula is C23H37O4P. The summed E-state index contributed by atoms with van der Waals surface area (Å²) in [5, 5.41) is 0. The van der Waals surface area contributed by atoms with Crippen LogP contribution in [-0.2, 0) is 14.1 Å². The molecular weight excluding hydrogens is 371 g/mol. The van der Waals surface area contributed by atoms with Gasteiger partial charge >= 0.3 is 5.97 Å². The maximum atomic E-state index is 13.4. The molecule has 5 heteroatoms. The Hall–Kier alpha value is -1.41. The molecule has 0 bridgehead atoms. The van der Waals surface area contributed by atoms with Gasteiger partial charge in [-0.05, 0) is 63.0 Å². The number of benzene rings is 1. The number of carbonyl (C=O) groups excluding carboxylic acids is 2. The van der Waals surface area contributed by atoms with Crippen molar-refractivity contribution in [2.75, 3.05) is 6.61 Å². The highest BCUT2D eigenvalue weighted by molar-refractivity contribution is 7.00. The van der Waals surface area contributed by atoms with E-state index >= 15 is 0 Å². The Balaban J connectivity index is 0.00000190. The summed E-state index contributed by atoms with van der Waals surface area (Å²) in [6.45, 7) is 10.6. The fourth-order valence-electron chi connectivity index (χ4n) is 4.19. The van der Waals surface area contributed by atoms with Gasteiger partial charge in [-0.3, -0.25) is 9.59 Å². The first-order valence-corrected chi connectivity index (χ1v) is 11.0. The number of hydrogen-bond acceptors (Lipinski definition) is 4. The van der Waals surface area contributed by atoms with Gasteiger partial charge in [-0.25, -0.2) is 0 Å². The molecule has 2 unspecified atom stereocenters. The van der Waals surface area contributed by atoms with E-state index in [1.54, 1.807) is 0 Å². The van der Waals surface area contributed by atoms with Crippen molar-refractivity contribution < 1.29 is 18.9 Å². The van der Waals surface area contributed by atoms with Crippen molar-refractivity contribution in [1.29, 1.82) is 0 Å². The van der Waals surface area contributed by atoms with Gasteiger partial charge in [0.25, 0.3) is 0 Å². The van der Waals surface area contributed by atoms with Crippen LogP contribution >= 0.6 is 9.12 Å². The summed E-state index contributed by atoms with van der Waals surface area (Å²) in [6.07, 6.45) is 6.11.